The quantitative estimate of drug-likeness (QED) is 0.631. The van der Waals surface area contributed by atoms with Crippen LogP contribution in [0.3, 0.4) is 0 Å². The standard InChI is InChI=1S/C17H13NO2/c19-17(12-11-16-10-4-5-13-18-16)20-14-6-9-15-7-2-1-3-8-15/h1-10,13H,14H2/b9-6+. The molecule has 0 amide bonds. The van der Waals surface area contributed by atoms with Gasteiger partial charge in [0.05, 0.1) is 0 Å². The summed E-state index contributed by atoms with van der Waals surface area (Å²) in [7, 11) is 0. The van der Waals surface area contributed by atoms with Gasteiger partial charge in [-0.15, -0.1) is 0 Å². The molecule has 1 heterocycles. The molecule has 0 aliphatic carbocycles. The molecule has 2 aromatic rings. The van der Waals surface area contributed by atoms with Crippen LogP contribution in [-0.2, 0) is 9.53 Å². The van der Waals surface area contributed by atoms with Gasteiger partial charge in [-0.05, 0) is 29.7 Å². The van der Waals surface area contributed by atoms with E-state index in [4.69, 9.17) is 4.74 Å². The van der Waals surface area contributed by atoms with Crippen LogP contribution in [0.5, 0.6) is 0 Å². The molecule has 3 nitrogen and oxygen atoms in total. The number of aromatic nitrogens is 1. The zero-order valence-corrected chi connectivity index (χ0v) is 10.8. The molecular formula is C17H13NO2. The molecule has 0 radical (unpaired) electrons. The maximum atomic E-state index is 11.4. The molecule has 0 saturated heterocycles. The Bertz CT molecular complexity index is 637. The zero-order valence-electron chi connectivity index (χ0n) is 10.8. The second-order valence-electron chi connectivity index (χ2n) is 3.88. The van der Waals surface area contributed by atoms with Gasteiger partial charge in [0.2, 0.25) is 0 Å². The first-order chi connectivity index (χ1) is 9.84. The van der Waals surface area contributed by atoms with Crippen molar-refractivity contribution >= 4 is 12.0 Å². The molecule has 0 fully saturated rings. The molecule has 0 spiro atoms. The van der Waals surface area contributed by atoms with Gasteiger partial charge in [-0.25, -0.2) is 9.78 Å². The molecule has 1 aromatic carbocycles. The number of rotatable bonds is 3. The highest BCUT2D eigenvalue weighted by molar-refractivity contribution is 5.89. The molecule has 0 atom stereocenters. The second-order valence-corrected chi connectivity index (χ2v) is 3.88. The maximum absolute atomic E-state index is 11.4. The van der Waals surface area contributed by atoms with Crippen LogP contribution in [0.15, 0.2) is 60.8 Å². The summed E-state index contributed by atoms with van der Waals surface area (Å²) in [5, 5.41) is 0. The number of hydrogen-bond donors (Lipinski definition) is 0. The van der Waals surface area contributed by atoms with E-state index in [1.165, 1.54) is 0 Å². The smallest absolute Gasteiger partial charge is 0.385 e. The zero-order chi connectivity index (χ0) is 14.0. The van der Waals surface area contributed by atoms with Gasteiger partial charge in [-0.1, -0.05) is 42.5 Å². The Hall–Kier alpha value is -2.86. The Morgan fingerprint density at radius 2 is 1.95 bits per heavy atom. The lowest BCUT2D eigenvalue weighted by atomic mass is 10.2. The van der Waals surface area contributed by atoms with E-state index in [0.717, 1.165) is 5.56 Å². The summed E-state index contributed by atoms with van der Waals surface area (Å²) in [5.41, 5.74) is 1.60. The minimum absolute atomic E-state index is 0.199. The number of carbonyl (C=O) groups is 1. The van der Waals surface area contributed by atoms with E-state index in [9.17, 15) is 4.79 Å². The summed E-state index contributed by atoms with van der Waals surface area (Å²) in [6.07, 6.45) is 5.28. The molecule has 0 aliphatic heterocycles. The molecule has 1 aromatic heterocycles. The van der Waals surface area contributed by atoms with E-state index in [0.29, 0.717) is 5.69 Å². The minimum Gasteiger partial charge on any atom is -0.452 e. The summed E-state index contributed by atoms with van der Waals surface area (Å²) in [5.74, 6) is 4.47. The summed E-state index contributed by atoms with van der Waals surface area (Å²) in [4.78, 5) is 15.4. The van der Waals surface area contributed by atoms with Gasteiger partial charge in [-0.2, -0.15) is 0 Å². The van der Waals surface area contributed by atoms with E-state index in [2.05, 4.69) is 16.8 Å². The maximum Gasteiger partial charge on any atom is 0.385 e. The van der Waals surface area contributed by atoms with Crippen molar-refractivity contribution in [3.63, 3.8) is 0 Å². The molecule has 0 N–H and O–H groups in total. The number of carbonyl (C=O) groups excluding carboxylic acids is 1. The number of nitrogens with zero attached hydrogens (tertiary/aromatic N) is 1. The topological polar surface area (TPSA) is 39.2 Å². The largest absolute Gasteiger partial charge is 0.452 e. The van der Waals surface area contributed by atoms with Gasteiger partial charge in [0, 0.05) is 12.1 Å². The highest BCUT2D eigenvalue weighted by Gasteiger charge is 1.94. The fraction of sp³-hybridized carbons (Fsp3) is 0.0588. The summed E-state index contributed by atoms with van der Waals surface area (Å²) in [6, 6.07) is 15.1. The predicted octanol–water partition coefficient (Wildman–Crippen LogP) is 2.69. The van der Waals surface area contributed by atoms with Gasteiger partial charge in [0.15, 0.2) is 0 Å². The Morgan fingerprint density at radius 1 is 1.15 bits per heavy atom. The van der Waals surface area contributed by atoms with Crippen molar-refractivity contribution < 1.29 is 9.53 Å². The Morgan fingerprint density at radius 3 is 2.70 bits per heavy atom. The van der Waals surface area contributed by atoms with Gasteiger partial charge in [-0.3, -0.25) is 0 Å². The van der Waals surface area contributed by atoms with E-state index in [1.54, 1.807) is 24.4 Å². The van der Waals surface area contributed by atoms with Crippen LogP contribution in [0.2, 0.25) is 0 Å². The van der Waals surface area contributed by atoms with Crippen LogP contribution < -0.4 is 0 Å². The monoisotopic (exact) mass is 263 g/mol. The van der Waals surface area contributed by atoms with Gasteiger partial charge in [0.1, 0.15) is 12.3 Å². The first-order valence-corrected chi connectivity index (χ1v) is 6.16. The number of hydrogen-bond acceptors (Lipinski definition) is 3. The molecule has 0 unspecified atom stereocenters. The first-order valence-electron chi connectivity index (χ1n) is 6.16. The molecule has 20 heavy (non-hydrogen) atoms. The molecular weight excluding hydrogens is 250 g/mol. The molecule has 0 bridgehead atoms. The van der Waals surface area contributed by atoms with E-state index < -0.39 is 5.97 Å². The van der Waals surface area contributed by atoms with E-state index in [-0.39, 0.29) is 6.61 Å². The van der Waals surface area contributed by atoms with Crippen LogP contribution in [0.1, 0.15) is 11.3 Å². The molecule has 0 saturated carbocycles. The fourth-order valence-corrected chi connectivity index (χ4v) is 1.46. The van der Waals surface area contributed by atoms with Crippen LogP contribution in [-0.4, -0.2) is 17.6 Å². The number of esters is 1. The molecule has 2 rings (SSSR count). The second kappa shape index (κ2) is 7.55. The fourth-order valence-electron chi connectivity index (χ4n) is 1.46. The van der Waals surface area contributed by atoms with Crippen molar-refractivity contribution in [2.45, 2.75) is 0 Å². The van der Waals surface area contributed by atoms with Gasteiger partial charge >= 0.3 is 5.97 Å². The third-order valence-corrected chi connectivity index (χ3v) is 2.38. The first kappa shape index (κ1) is 13.6. The normalized spacial score (nSPS) is 9.80. The van der Waals surface area contributed by atoms with Crippen LogP contribution >= 0.6 is 0 Å². The average molecular weight is 263 g/mol. The van der Waals surface area contributed by atoms with Gasteiger partial charge in [0.25, 0.3) is 0 Å². The van der Waals surface area contributed by atoms with E-state index >= 15 is 0 Å². The van der Waals surface area contributed by atoms with Crippen molar-refractivity contribution in [2.24, 2.45) is 0 Å². The SMILES string of the molecule is O=C(C#Cc1ccccn1)OC/C=C/c1ccccc1. The third-order valence-electron chi connectivity index (χ3n) is 2.38. The molecule has 3 heteroatoms. The number of ether oxygens (including phenoxy) is 1. The summed E-state index contributed by atoms with van der Waals surface area (Å²) in [6.45, 7) is 0.199. The van der Waals surface area contributed by atoms with Gasteiger partial charge < -0.3 is 4.74 Å². The van der Waals surface area contributed by atoms with Crippen LogP contribution in [0.25, 0.3) is 6.08 Å². The Labute approximate surface area is 117 Å². The minimum atomic E-state index is -0.562. The van der Waals surface area contributed by atoms with E-state index in [1.807, 2.05) is 42.5 Å². The summed E-state index contributed by atoms with van der Waals surface area (Å²) >= 11 is 0. The lowest BCUT2D eigenvalue weighted by Crippen LogP contribution is -2.00. The van der Waals surface area contributed by atoms with Crippen molar-refractivity contribution in [3.8, 4) is 11.8 Å². The summed E-state index contributed by atoms with van der Waals surface area (Å²) < 4.78 is 4.96. The van der Waals surface area contributed by atoms with Crippen molar-refractivity contribution in [1.82, 2.24) is 4.98 Å². The van der Waals surface area contributed by atoms with Crippen molar-refractivity contribution in [1.29, 1.82) is 0 Å². The number of pyridine rings is 1. The highest BCUT2D eigenvalue weighted by atomic mass is 16.5. The lowest BCUT2D eigenvalue weighted by Gasteiger charge is -1.94. The number of benzene rings is 1. The van der Waals surface area contributed by atoms with Crippen LogP contribution in [0, 0.1) is 11.8 Å². The predicted molar refractivity (Wildman–Crippen MR) is 77.6 cm³/mol. The molecule has 0 aliphatic rings. The van der Waals surface area contributed by atoms with Crippen molar-refractivity contribution in [2.75, 3.05) is 6.61 Å². The third kappa shape index (κ3) is 4.79. The van der Waals surface area contributed by atoms with Crippen LogP contribution in [0.4, 0.5) is 0 Å². The van der Waals surface area contributed by atoms with Crippen molar-refractivity contribution in [3.05, 3.63) is 72.1 Å². The Kier molecular flexibility index (Phi) is 5.12. The average Bonchev–Trinajstić information content (AvgIpc) is 2.52. The highest BCUT2D eigenvalue weighted by Crippen LogP contribution is 2.00. The molecule has 98 valence electrons. The lowest BCUT2D eigenvalue weighted by molar-refractivity contribution is -0.135. The Balaban J connectivity index is 1.79.